The Morgan fingerprint density at radius 2 is 1.81 bits per heavy atom. The number of methoxy groups -OCH3 is 2. The maximum absolute atomic E-state index is 12.2. The van der Waals surface area contributed by atoms with E-state index in [2.05, 4.69) is 43.2 Å². The molecule has 1 aliphatic rings. The van der Waals surface area contributed by atoms with Gasteiger partial charge in [0.15, 0.2) is 0 Å². The van der Waals surface area contributed by atoms with Crippen molar-refractivity contribution in [2.75, 3.05) is 57.7 Å². The van der Waals surface area contributed by atoms with Crippen LogP contribution in [0.5, 0.6) is 17.4 Å². The second kappa shape index (κ2) is 10.1. The van der Waals surface area contributed by atoms with E-state index >= 15 is 0 Å². The van der Waals surface area contributed by atoms with Crippen LogP contribution >= 0.6 is 0 Å². The molecule has 0 bridgehead atoms. The van der Waals surface area contributed by atoms with Gasteiger partial charge in [-0.1, -0.05) is 12.1 Å². The van der Waals surface area contributed by atoms with Gasteiger partial charge >= 0.3 is 5.97 Å². The average Bonchev–Trinajstić information content (AvgIpc) is 3.38. The molecule has 0 unspecified atom stereocenters. The number of hydrogen-bond donors (Lipinski definition) is 2. The third-order valence-corrected chi connectivity index (χ3v) is 6.17. The highest BCUT2D eigenvalue weighted by Gasteiger charge is 2.19. The fraction of sp³-hybridized carbons (Fsp3) is 0.269. The summed E-state index contributed by atoms with van der Waals surface area (Å²) in [5, 5.41) is 3.26. The number of nitrogens with one attached hydrogen (secondary N) is 2. The molecule has 36 heavy (non-hydrogen) atoms. The van der Waals surface area contributed by atoms with Crippen LogP contribution in [-0.2, 0) is 4.74 Å². The van der Waals surface area contributed by atoms with E-state index in [1.165, 1.54) is 7.11 Å². The zero-order valence-electron chi connectivity index (χ0n) is 20.4. The molecule has 0 spiro atoms. The van der Waals surface area contributed by atoms with E-state index in [0.29, 0.717) is 34.0 Å². The molecule has 4 aromatic rings. The van der Waals surface area contributed by atoms with Crippen molar-refractivity contribution in [1.82, 2.24) is 19.9 Å². The standard InChI is InChI=1S/C26H28N6O4/c1-31-12-14-32(15-13-31)17-8-9-19(22(16-17)34-2)28-26-29-20-10-11-27-23(20)24(30-26)36-21-7-5-4-6-18(21)25(33)35-3/h4-11,16,27H,12-15H2,1-3H3,(H,28,29,30). The minimum Gasteiger partial charge on any atom is -0.494 e. The van der Waals surface area contributed by atoms with Gasteiger partial charge in [-0.3, -0.25) is 0 Å². The summed E-state index contributed by atoms with van der Waals surface area (Å²) in [7, 11) is 5.11. The van der Waals surface area contributed by atoms with Gasteiger partial charge in [-0.15, -0.1) is 0 Å². The van der Waals surface area contributed by atoms with E-state index in [4.69, 9.17) is 14.2 Å². The predicted molar refractivity (Wildman–Crippen MR) is 138 cm³/mol. The molecule has 0 atom stereocenters. The normalized spacial score (nSPS) is 14.0. The Balaban J connectivity index is 1.44. The molecule has 186 valence electrons. The number of para-hydroxylation sites is 1. The number of anilines is 3. The number of nitrogens with zero attached hydrogens (tertiary/aromatic N) is 4. The molecular weight excluding hydrogens is 460 g/mol. The second-order valence-corrected chi connectivity index (χ2v) is 8.48. The number of benzene rings is 2. The molecule has 10 heteroatoms. The minimum absolute atomic E-state index is 0.275. The Kier molecular flexibility index (Phi) is 6.59. The number of carbonyl (C=O) groups is 1. The van der Waals surface area contributed by atoms with Crippen LogP contribution in [0.4, 0.5) is 17.3 Å². The largest absolute Gasteiger partial charge is 0.494 e. The molecule has 2 aromatic carbocycles. The highest BCUT2D eigenvalue weighted by molar-refractivity contribution is 5.92. The van der Waals surface area contributed by atoms with E-state index in [1.54, 1.807) is 37.6 Å². The summed E-state index contributed by atoms with van der Waals surface area (Å²) in [5.41, 5.74) is 3.40. The number of H-pyrrole nitrogens is 1. The lowest BCUT2D eigenvalue weighted by Gasteiger charge is -2.34. The smallest absolute Gasteiger partial charge is 0.341 e. The summed E-state index contributed by atoms with van der Waals surface area (Å²) >= 11 is 0. The first kappa shape index (κ1) is 23.4. The van der Waals surface area contributed by atoms with E-state index in [9.17, 15) is 4.79 Å². The number of aromatic nitrogens is 3. The lowest BCUT2D eigenvalue weighted by molar-refractivity contribution is 0.0598. The zero-order valence-corrected chi connectivity index (χ0v) is 20.4. The van der Waals surface area contributed by atoms with E-state index < -0.39 is 5.97 Å². The Bertz CT molecular complexity index is 1380. The lowest BCUT2D eigenvalue weighted by atomic mass is 10.2. The molecule has 0 saturated carbocycles. The van der Waals surface area contributed by atoms with Gasteiger partial charge in [0.2, 0.25) is 11.8 Å². The third-order valence-electron chi connectivity index (χ3n) is 6.17. The summed E-state index contributed by atoms with van der Waals surface area (Å²) in [6, 6.07) is 14.7. The summed E-state index contributed by atoms with van der Waals surface area (Å²) < 4.78 is 16.6. The number of esters is 1. The van der Waals surface area contributed by atoms with Crippen molar-refractivity contribution in [3.8, 4) is 17.4 Å². The van der Waals surface area contributed by atoms with Gasteiger partial charge in [0, 0.05) is 44.1 Å². The average molecular weight is 489 g/mol. The maximum Gasteiger partial charge on any atom is 0.341 e. The van der Waals surface area contributed by atoms with Gasteiger partial charge in [-0.25, -0.2) is 9.78 Å². The quantitative estimate of drug-likeness (QED) is 0.373. The van der Waals surface area contributed by atoms with Gasteiger partial charge < -0.3 is 34.3 Å². The fourth-order valence-corrected chi connectivity index (χ4v) is 4.15. The SMILES string of the molecule is COC(=O)c1ccccc1Oc1nc(Nc2ccc(N3CCN(C)CC3)cc2OC)nc2cc[nH]c12. The van der Waals surface area contributed by atoms with Crippen LogP contribution in [-0.4, -0.2) is 73.3 Å². The van der Waals surface area contributed by atoms with E-state index in [1.807, 2.05) is 18.2 Å². The van der Waals surface area contributed by atoms with Crippen molar-refractivity contribution in [2.24, 2.45) is 0 Å². The Morgan fingerprint density at radius 1 is 1.00 bits per heavy atom. The molecular formula is C26H28N6O4. The molecule has 0 amide bonds. The highest BCUT2D eigenvalue weighted by Crippen LogP contribution is 2.34. The summed E-state index contributed by atoms with van der Waals surface area (Å²) in [5.74, 6) is 1.13. The van der Waals surface area contributed by atoms with Crippen LogP contribution in [0.1, 0.15) is 10.4 Å². The molecule has 1 fully saturated rings. The number of rotatable bonds is 7. The van der Waals surface area contributed by atoms with Crippen molar-refractivity contribution in [3.63, 3.8) is 0 Å². The first-order valence-corrected chi connectivity index (χ1v) is 11.6. The van der Waals surface area contributed by atoms with Crippen LogP contribution in [0.3, 0.4) is 0 Å². The van der Waals surface area contributed by atoms with Gasteiger partial charge in [-0.05, 0) is 37.4 Å². The number of ether oxygens (including phenoxy) is 3. The Morgan fingerprint density at radius 3 is 2.58 bits per heavy atom. The molecule has 2 aromatic heterocycles. The van der Waals surface area contributed by atoms with Crippen LogP contribution in [0.15, 0.2) is 54.7 Å². The molecule has 0 radical (unpaired) electrons. The van der Waals surface area contributed by atoms with Crippen LogP contribution < -0.4 is 19.7 Å². The lowest BCUT2D eigenvalue weighted by Crippen LogP contribution is -2.44. The molecule has 3 heterocycles. The number of hydrogen-bond acceptors (Lipinski definition) is 9. The van der Waals surface area contributed by atoms with Crippen molar-refractivity contribution in [3.05, 3.63) is 60.3 Å². The Labute approximate surface area is 208 Å². The minimum atomic E-state index is -0.495. The number of aromatic amines is 1. The number of carbonyl (C=O) groups excluding carboxylic acids is 1. The highest BCUT2D eigenvalue weighted by atomic mass is 16.5. The van der Waals surface area contributed by atoms with Gasteiger partial charge in [-0.2, -0.15) is 4.98 Å². The van der Waals surface area contributed by atoms with E-state index in [0.717, 1.165) is 37.6 Å². The first-order valence-electron chi connectivity index (χ1n) is 11.6. The van der Waals surface area contributed by atoms with Crippen LogP contribution in [0, 0.1) is 0 Å². The van der Waals surface area contributed by atoms with Crippen molar-refractivity contribution in [1.29, 1.82) is 0 Å². The predicted octanol–water partition coefficient (Wildman–Crippen LogP) is 4.04. The molecule has 2 N–H and O–H groups in total. The molecule has 5 rings (SSSR count). The molecule has 0 aliphatic carbocycles. The third kappa shape index (κ3) is 4.76. The summed E-state index contributed by atoms with van der Waals surface area (Å²) in [6.07, 6.45) is 1.76. The molecule has 1 saturated heterocycles. The second-order valence-electron chi connectivity index (χ2n) is 8.48. The number of piperazine rings is 1. The maximum atomic E-state index is 12.2. The monoisotopic (exact) mass is 488 g/mol. The molecule has 10 nitrogen and oxygen atoms in total. The van der Waals surface area contributed by atoms with Crippen LogP contribution in [0.2, 0.25) is 0 Å². The summed E-state index contributed by atoms with van der Waals surface area (Å²) in [4.78, 5) is 29.2. The number of fused-ring (bicyclic) bond motifs is 1. The topological polar surface area (TPSA) is 105 Å². The van der Waals surface area contributed by atoms with Gasteiger partial charge in [0.05, 0.1) is 25.4 Å². The van der Waals surface area contributed by atoms with E-state index in [-0.39, 0.29) is 5.88 Å². The first-order chi connectivity index (χ1) is 17.6. The van der Waals surface area contributed by atoms with Crippen LogP contribution in [0.25, 0.3) is 11.0 Å². The van der Waals surface area contributed by atoms with Crippen molar-refractivity contribution >= 4 is 34.3 Å². The molecule has 1 aliphatic heterocycles. The van der Waals surface area contributed by atoms with Gasteiger partial charge in [0.1, 0.15) is 22.6 Å². The number of likely N-dealkylation sites (N-methyl/N-ethyl adjacent to an activating group) is 1. The zero-order chi connectivity index (χ0) is 25.1. The Hall–Kier alpha value is -4.31. The van der Waals surface area contributed by atoms with Crippen molar-refractivity contribution < 1.29 is 19.0 Å². The van der Waals surface area contributed by atoms with Gasteiger partial charge in [0.25, 0.3) is 0 Å². The fourth-order valence-electron chi connectivity index (χ4n) is 4.15. The summed E-state index contributed by atoms with van der Waals surface area (Å²) in [6.45, 7) is 3.98. The van der Waals surface area contributed by atoms with Crippen molar-refractivity contribution in [2.45, 2.75) is 0 Å².